The molecule has 5 heteroatoms. The largest absolute Gasteiger partial charge is 0.495 e. The van der Waals surface area contributed by atoms with Crippen molar-refractivity contribution < 1.29 is 14.3 Å². The third-order valence-electron chi connectivity index (χ3n) is 3.77. The van der Waals surface area contributed by atoms with Crippen LogP contribution in [-0.4, -0.2) is 39.3 Å². The number of rotatable bonds is 4. The van der Waals surface area contributed by atoms with Gasteiger partial charge in [-0.3, -0.25) is 4.79 Å². The van der Waals surface area contributed by atoms with Crippen LogP contribution in [-0.2, 0) is 9.53 Å². The molecule has 1 aromatic rings. The first-order valence-corrected chi connectivity index (χ1v) is 7.09. The molecule has 108 valence electrons. The first kappa shape index (κ1) is 13.2. The highest BCUT2D eigenvalue weighted by Gasteiger charge is 2.30. The summed E-state index contributed by atoms with van der Waals surface area (Å²) in [6, 6.07) is 5.93. The fourth-order valence-corrected chi connectivity index (χ4v) is 2.39. The van der Waals surface area contributed by atoms with Gasteiger partial charge in [-0.05, 0) is 31.0 Å². The number of carbonyl (C=O) groups is 1. The Hall–Kier alpha value is -1.75. The predicted octanol–water partition coefficient (Wildman–Crippen LogP) is 1.88. The zero-order chi connectivity index (χ0) is 13.9. The van der Waals surface area contributed by atoms with Crippen molar-refractivity contribution in [2.75, 3.05) is 43.6 Å². The topological polar surface area (TPSA) is 50.8 Å². The van der Waals surface area contributed by atoms with Crippen LogP contribution >= 0.6 is 0 Å². The number of methoxy groups -OCH3 is 1. The van der Waals surface area contributed by atoms with Gasteiger partial charge in [0.25, 0.3) is 0 Å². The van der Waals surface area contributed by atoms with E-state index in [1.165, 1.54) is 0 Å². The minimum absolute atomic E-state index is 0.0995. The van der Waals surface area contributed by atoms with Crippen LogP contribution in [0.2, 0.25) is 0 Å². The summed E-state index contributed by atoms with van der Waals surface area (Å²) in [5.41, 5.74) is 1.86. The number of nitrogens with zero attached hydrogens (tertiary/aromatic N) is 1. The molecule has 1 heterocycles. The van der Waals surface area contributed by atoms with Crippen LogP contribution < -0.4 is 15.0 Å². The molecular weight excluding hydrogens is 256 g/mol. The molecule has 0 bridgehead atoms. The van der Waals surface area contributed by atoms with Crippen LogP contribution in [0.5, 0.6) is 5.75 Å². The van der Waals surface area contributed by atoms with Gasteiger partial charge in [0.15, 0.2) is 0 Å². The number of hydrogen-bond donors (Lipinski definition) is 1. The second kappa shape index (κ2) is 5.71. The first-order valence-electron chi connectivity index (χ1n) is 7.09. The second-order valence-corrected chi connectivity index (χ2v) is 5.25. The summed E-state index contributed by atoms with van der Waals surface area (Å²) < 4.78 is 10.7. The third kappa shape index (κ3) is 2.88. The van der Waals surface area contributed by atoms with E-state index < -0.39 is 0 Å². The number of nitrogens with one attached hydrogen (secondary N) is 1. The van der Waals surface area contributed by atoms with Crippen molar-refractivity contribution in [1.29, 1.82) is 0 Å². The SMILES string of the molecule is COc1ccc(N2CCOCC2)cc1NC(=O)C1CC1. The Kier molecular flexibility index (Phi) is 3.78. The van der Waals surface area contributed by atoms with Crippen molar-refractivity contribution >= 4 is 17.3 Å². The summed E-state index contributed by atoms with van der Waals surface area (Å²) in [5, 5.41) is 2.98. The minimum Gasteiger partial charge on any atom is -0.495 e. The van der Waals surface area contributed by atoms with Gasteiger partial charge in [0.2, 0.25) is 5.91 Å². The molecule has 1 saturated heterocycles. The quantitative estimate of drug-likeness (QED) is 0.912. The lowest BCUT2D eigenvalue weighted by Crippen LogP contribution is -2.36. The van der Waals surface area contributed by atoms with Gasteiger partial charge in [-0.2, -0.15) is 0 Å². The highest BCUT2D eigenvalue weighted by atomic mass is 16.5. The Morgan fingerprint density at radius 2 is 2.10 bits per heavy atom. The third-order valence-corrected chi connectivity index (χ3v) is 3.77. The number of anilines is 2. The Labute approximate surface area is 118 Å². The van der Waals surface area contributed by atoms with Crippen molar-refractivity contribution in [1.82, 2.24) is 0 Å². The van der Waals surface area contributed by atoms with Crippen LogP contribution in [0.15, 0.2) is 18.2 Å². The molecule has 1 amide bonds. The van der Waals surface area contributed by atoms with Crippen LogP contribution in [0.25, 0.3) is 0 Å². The summed E-state index contributed by atoms with van der Waals surface area (Å²) in [5.74, 6) is 0.991. The van der Waals surface area contributed by atoms with E-state index in [-0.39, 0.29) is 11.8 Å². The lowest BCUT2D eigenvalue weighted by Gasteiger charge is -2.29. The van der Waals surface area contributed by atoms with Gasteiger partial charge >= 0.3 is 0 Å². The molecule has 2 aliphatic rings. The molecule has 0 radical (unpaired) electrons. The smallest absolute Gasteiger partial charge is 0.227 e. The summed E-state index contributed by atoms with van der Waals surface area (Å²) >= 11 is 0. The zero-order valence-electron chi connectivity index (χ0n) is 11.7. The van der Waals surface area contributed by atoms with E-state index >= 15 is 0 Å². The Morgan fingerprint density at radius 3 is 2.75 bits per heavy atom. The first-order chi connectivity index (χ1) is 9.78. The average Bonchev–Trinajstić information content (AvgIpc) is 3.33. The maximum atomic E-state index is 11.9. The number of benzene rings is 1. The molecule has 0 unspecified atom stereocenters. The van der Waals surface area contributed by atoms with Crippen molar-refractivity contribution in [2.45, 2.75) is 12.8 Å². The van der Waals surface area contributed by atoms with E-state index in [2.05, 4.69) is 10.2 Å². The number of hydrogen-bond acceptors (Lipinski definition) is 4. The van der Waals surface area contributed by atoms with E-state index in [4.69, 9.17) is 9.47 Å². The molecule has 1 N–H and O–H groups in total. The molecule has 3 rings (SSSR count). The molecule has 2 fully saturated rings. The molecule has 0 spiro atoms. The van der Waals surface area contributed by atoms with Crippen molar-refractivity contribution in [3.63, 3.8) is 0 Å². The second-order valence-electron chi connectivity index (χ2n) is 5.25. The van der Waals surface area contributed by atoms with Gasteiger partial charge in [0.05, 0.1) is 26.0 Å². The van der Waals surface area contributed by atoms with Crippen LogP contribution in [0, 0.1) is 5.92 Å². The summed E-state index contributed by atoms with van der Waals surface area (Å²) in [6.07, 6.45) is 1.99. The molecule has 20 heavy (non-hydrogen) atoms. The monoisotopic (exact) mass is 276 g/mol. The molecule has 0 aromatic heterocycles. The molecule has 1 saturated carbocycles. The standard InChI is InChI=1S/C15H20N2O3/c1-19-14-5-4-12(17-6-8-20-9-7-17)10-13(14)16-15(18)11-2-3-11/h4-5,10-11H,2-3,6-9H2,1H3,(H,16,18). The summed E-state index contributed by atoms with van der Waals surface area (Å²) in [4.78, 5) is 14.2. The van der Waals surface area contributed by atoms with Gasteiger partial charge in [0.1, 0.15) is 5.75 Å². The van der Waals surface area contributed by atoms with Gasteiger partial charge < -0.3 is 19.7 Å². The lowest BCUT2D eigenvalue weighted by molar-refractivity contribution is -0.117. The molecule has 0 atom stereocenters. The number of morpholine rings is 1. The highest BCUT2D eigenvalue weighted by molar-refractivity contribution is 5.95. The van der Waals surface area contributed by atoms with E-state index in [1.807, 2.05) is 18.2 Å². The van der Waals surface area contributed by atoms with Crippen LogP contribution in [0.3, 0.4) is 0 Å². The fourth-order valence-electron chi connectivity index (χ4n) is 2.39. The summed E-state index contributed by atoms with van der Waals surface area (Å²) in [6.45, 7) is 3.25. The van der Waals surface area contributed by atoms with Gasteiger partial charge in [-0.15, -0.1) is 0 Å². The molecule has 1 aromatic carbocycles. The predicted molar refractivity (Wildman–Crippen MR) is 77.4 cm³/mol. The van der Waals surface area contributed by atoms with E-state index in [0.29, 0.717) is 5.75 Å². The van der Waals surface area contributed by atoms with Crippen LogP contribution in [0.1, 0.15) is 12.8 Å². The average molecular weight is 276 g/mol. The number of ether oxygens (including phenoxy) is 2. The Morgan fingerprint density at radius 1 is 1.35 bits per heavy atom. The molecular formula is C15H20N2O3. The van der Waals surface area contributed by atoms with E-state index in [0.717, 1.165) is 50.5 Å². The van der Waals surface area contributed by atoms with Crippen molar-refractivity contribution in [3.05, 3.63) is 18.2 Å². The van der Waals surface area contributed by atoms with Gasteiger partial charge in [0, 0.05) is 24.7 Å². The van der Waals surface area contributed by atoms with E-state index in [9.17, 15) is 4.79 Å². The van der Waals surface area contributed by atoms with Crippen molar-refractivity contribution in [2.24, 2.45) is 5.92 Å². The highest BCUT2D eigenvalue weighted by Crippen LogP contribution is 2.34. The maximum Gasteiger partial charge on any atom is 0.227 e. The fraction of sp³-hybridized carbons (Fsp3) is 0.533. The Bertz CT molecular complexity index is 494. The maximum absolute atomic E-state index is 11.9. The lowest BCUT2D eigenvalue weighted by atomic mass is 10.2. The number of amides is 1. The Balaban J connectivity index is 1.79. The number of carbonyl (C=O) groups excluding carboxylic acids is 1. The van der Waals surface area contributed by atoms with Gasteiger partial charge in [-0.25, -0.2) is 0 Å². The normalized spacial score (nSPS) is 18.8. The molecule has 1 aliphatic heterocycles. The van der Waals surface area contributed by atoms with E-state index in [1.54, 1.807) is 7.11 Å². The molecule has 5 nitrogen and oxygen atoms in total. The minimum atomic E-state index is 0.0995. The van der Waals surface area contributed by atoms with Crippen molar-refractivity contribution in [3.8, 4) is 5.75 Å². The van der Waals surface area contributed by atoms with Gasteiger partial charge in [-0.1, -0.05) is 0 Å². The molecule has 1 aliphatic carbocycles. The van der Waals surface area contributed by atoms with Crippen LogP contribution in [0.4, 0.5) is 11.4 Å². The summed E-state index contributed by atoms with van der Waals surface area (Å²) in [7, 11) is 1.62. The zero-order valence-corrected chi connectivity index (χ0v) is 11.7.